The van der Waals surface area contributed by atoms with Crippen LogP contribution < -0.4 is 14.8 Å². The highest BCUT2D eigenvalue weighted by molar-refractivity contribution is 6.09. The zero-order valence-electron chi connectivity index (χ0n) is 18.7. The van der Waals surface area contributed by atoms with Crippen molar-refractivity contribution in [2.45, 2.75) is 0 Å². The van der Waals surface area contributed by atoms with Crippen molar-refractivity contribution < 1.29 is 14.3 Å². The number of fused-ring (bicyclic) bond motifs is 1. The molecule has 2 aromatic heterocycles. The van der Waals surface area contributed by atoms with Crippen LogP contribution >= 0.6 is 0 Å². The number of nitrogens with one attached hydrogen (secondary N) is 1. The number of anilines is 1. The summed E-state index contributed by atoms with van der Waals surface area (Å²) in [4.78, 5) is 17.9. The molecule has 0 aliphatic heterocycles. The third-order valence-electron chi connectivity index (χ3n) is 5.49. The Morgan fingerprint density at radius 3 is 2.50 bits per heavy atom. The molecule has 0 aliphatic rings. The number of aromatic nitrogens is 3. The summed E-state index contributed by atoms with van der Waals surface area (Å²) in [6.45, 7) is 0. The van der Waals surface area contributed by atoms with E-state index in [0.717, 1.165) is 16.6 Å². The summed E-state index contributed by atoms with van der Waals surface area (Å²) in [5, 5.41) is 8.65. The third kappa shape index (κ3) is 4.06. The average molecular weight is 450 g/mol. The van der Waals surface area contributed by atoms with E-state index in [4.69, 9.17) is 14.6 Å². The number of para-hydroxylation sites is 2. The number of methoxy groups -OCH3 is 2. The van der Waals surface area contributed by atoms with Crippen LogP contribution in [0.15, 0.2) is 91.3 Å². The molecule has 0 aliphatic carbocycles. The van der Waals surface area contributed by atoms with E-state index in [1.165, 1.54) is 0 Å². The molecule has 2 heterocycles. The molecule has 0 saturated heterocycles. The average Bonchev–Trinajstić information content (AvgIpc) is 3.34. The van der Waals surface area contributed by atoms with Crippen molar-refractivity contribution in [1.82, 2.24) is 14.8 Å². The van der Waals surface area contributed by atoms with Gasteiger partial charge in [-0.1, -0.05) is 36.4 Å². The van der Waals surface area contributed by atoms with Gasteiger partial charge in [0.05, 0.1) is 42.9 Å². The number of amides is 1. The molecule has 3 aromatic carbocycles. The zero-order valence-corrected chi connectivity index (χ0v) is 18.7. The van der Waals surface area contributed by atoms with Gasteiger partial charge in [0.1, 0.15) is 17.2 Å². The first-order chi connectivity index (χ1) is 16.7. The molecule has 7 nitrogen and oxygen atoms in total. The highest BCUT2D eigenvalue weighted by Gasteiger charge is 2.22. The Kier molecular flexibility index (Phi) is 5.66. The van der Waals surface area contributed by atoms with Crippen molar-refractivity contribution in [3.63, 3.8) is 0 Å². The summed E-state index contributed by atoms with van der Waals surface area (Å²) in [6, 6.07) is 24.7. The molecule has 0 bridgehead atoms. The first-order valence-electron chi connectivity index (χ1n) is 10.7. The van der Waals surface area contributed by atoms with Gasteiger partial charge in [-0.05, 0) is 36.4 Å². The number of carbonyl (C=O) groups excluding carboxylic acids is 1. The minimum Gasteiger partial charge on any atom is -0.497 e. The number of ether oxygens (including phenoxy) is 2. The van der Waals surface area contributed by atoms with Crippen molar-refractivity contribution >= 4 is 22.5 Å². The standard InChI is InChI=1S/C27H22N4O3/c1-33-21-12-13-22(25(15-21)34-2)26-23(17-31(30-26)20-9-4-3-5-10-20)27(32)29-19-14-18-8-6-7-11-24(18)28-16-19/h3-17H,1-2H3,(H,29,32). The predicted molar refractivity (Wildman–Crippen MR) is 132 cm³/mol. The van der Waals surface area contributed by atoms with Gasteiger partial charge in [0.15, 0.2) is 0 Å². The van der Waals surface area contributed by atoms with Crippen LogP contribution in [0.5, 0.6) is 11.5 Å². The first-order valence-corrected chi connectivity index (χ1v) is 10.7. The Morgan fingerprint density at radius 2 is 1.71 bits per heavy atom. The van der Waals surface area contributed by atoms with Crippen molar-refractivity contribution in [3.05, 3.63) is 96.8 Å². The molecule has 5 aromatic rings. The van der Waals surface area contributed by atoms with E-state index in [-0.39, 0.29) is 5.91 Å². The van der Waals surface area contributed by atoms with Gasteiger partial charge in [-0.25, -0.2) is 4.68 Å². The third-order valence-corrected chi connectivity index (χ3v) is 5.49. The molecule has 34 heavy (non-hydrogen) atoms. The summed E-state index contributed by atoms with van der Waals surface area (Å²) in [5.74, 6) is 0.905. The van der Waals surface area contributed by atoms with Crippen LogP contribution in [0.25, 0.3) is 27.8 Å². The largest absolute Gasteiger partial charge is 0.497 e. The van der Waals surface area contributed by atoms with E-state index in [0.29, 0.717) is 34.0 Å². The quantitative estimate of drug-likeness (QED) is 0.377. The molecule has 0 fully saturated rings. The van der Waals surface area contributed by atoms with E-state index < -0.39 is 0 Å². The van der Waals surface area contributed by atoms with E-state index in [9.17, 15) is 4.79 Å². The molecule has 1 amide bonds. The molecule has 0 saturated carbocycles. The second-order valence-corrected chi connectivity index (χ2v) is 7.61. The topological polar surface area (TPSA) is 78.3 Å². The lowest BCUT2D eigenvalue weighted by molar-refractivity contribution is 0.102. The van der Waals surface area contributed by atoms with Gasteiger partial charge in [-0.15, -0.1) is 0 Å². The molecule has 0 spiro atoms. The lowest BCUT2D eigenvalue weighted by atomic mass is 10.1. The summed E-state index contributed by atoms with van der Waals surface area (Å²) in [5.41, 5.74) is 3.88. The zero-order chi connectivity index (χ0) is 23.5. The molecule has 168 valence electrons. The van der Waals surface area contributed by atoms with Crippen LogP contribution in [0.4, 0.5) is 5.69 Å². The van der Waals surface area contributed by atoms with Crippen molar-refractivity contribution in [2.24, 2.45) is 0 Å². The monoisotopic (exact) mass is 450 g/mol. The highest BCUT2D eigenvalue weighted by Crippen LogP contribution is 2.35. The normalized spacial score (nSPS) is 10.8. The van der Waals surface area contributed by atoms with E-state index in [2.05, 4.69) is 10.3 Å². The fraction of sp³-hybridized carbons (Fsp3) is 0.0741. The Hall–Kier alpha value is -4.65. The lowest BCUT2D eigenvalue weighted by Crippen LogP contribution is -2.12. The lowest BCUT2D eigenvalue weighted by Gasteiger charge is -2.10. The number of pyridine rings is 1. The second kappa shape index (κ2) is 9.07. The summed E-state index contributed by atoms with van der Waals surface area (Å²) in [7, 11) is 3.17. The number of carbonyl (C=O) groups is 1. The summed E-state index contributed by atoms with van der Waals surface area (Å²) < 4.78 is 12.6. The fourth-order valence-corrected chi connectivity index (χ4v) is 3.78. The van der Waals surface area contributed by atoms with Gasteiger partial charge in [-0.2, -0.15) is 5.10 Å². The van der Waals surface area contributed by atoms with Crippen molar-refractivity contribution in [3.8, 4) is 28.4 Å². The molecule has 7 heteroatoms. The maximum Gasteiger partial charge on any atom is 0.259 e. The molecule has 0 radical (unpaired) electrons. The van der Waals surface area contributed by atoms with Crippen LogP contribution in [0.3, 0.4) is 0 Å². The van der Waals surface area contributed by atoms with Crippen LogP contribution in [-0.4, -0.2) is 34.9 Å². The number of hydrogen-bond donors (Lipinski definition) is 1. The van der Waals surface area contributed by atoms with Gasteiger partial charge in [0, 0.05) is 23.2 Å². The number of nitrogens with zero attached hydrogens (tertiary/aromatic N) is 3. The second-order valence-electron chi connectivity index (χ2n) is 7.61. The van der Waals surface area contributed by atoms with Gasteiger partial charge in [-0.3, -0.25) is 9.78 Å². The first kappa shape index (κ1) is 21.2. The molecular formula is C27H22N4O3. The van der Waals surface area contributed by atoms with Gasteiger partial charge in [0.25, 0.3) is 5.91 Å². The molecular weight excluding hydrogens is 428 g/mol. The van der Waals surface area contributed by atoms with Crippen LogP contribution in [0.1, 0.15) is 10.4 Å². The van der Waals surface area contributed by atoms with Gasteiger partial charge < -0.3 is 14.8 Å². The Morgan fingerprint density at radius 1 is 0.912 bits per heavy atom. The summed E-state index contributed by atoms with van der Waals surface area (Å²) >= 11 is 0. The maximum atomic E-state index is 13.5. The maximum absolute atomic E-state index is 13.5. The van der Waals surface area contributed by atoms with Crippen LogP contribution in [0.2, 0.25) is 0 Å². The number of rotatable bonds is 6. The SMILES string of the molecule is COc1ccc(-c2nn(-c3ccccc3)cc2C(=O)Nc2cnc3ccccc3c2)c(OC)c1. The van der Waals surface area contributed by atoms with Crippen LogP contribution in [-0.2, 0) is 0 Å². The molecule has 5 rings (SSSR count). The van der Waals surface area contributed by atoms with Gasteiger partial charge >= 0.3 is 0 Å². The summed E-state index contributed by atoms with van der Waals surface area (Å²) in [6.07, 6.45) is 3.37. The Labute approximate surface area is 196 Å². The number of benzene rings is 3. The minimum absolute atomic E-state index is 0.299. The van der Waals surface area contributed by atoms with Crippen molar-refractivity contribution in [1.29, 1.82) is 0 Å². The molecule has 0 atom stereocenters. The smallest absolute Gasteiger partial charge is 0.259 e. The minimum atomic E-state index is -0.299. The van der Waals surface area contributed by atoms with E-state index in [1.54, 1.807) is 37.4 Å². The molecule has 0 unspecified atom stereocenters. The molecule has 1 N–H and O–H groups in total. The van der Waals surface area contributed by atoms with Crippen LogP contribution in [0, 0.1) is 0 Å². The predicted octanol–water partition coefficient (Wildman–Crippen LogP) is 5.36. The fourth-order valence-electron chi connectivity index (χ4n) is 3.78. The van der Waals surface area contributed by atoms with Crippen molar-refractivity contribution in [2.75, 3.05) is 19.5 Å². The highest BCUT2D eigenvalue weighted by atomic mass is 16.5. The van der Waals surface area contributed by atoms with Gasteiger partial charge in [0.2, 0.25) is 0 Å². The Balaban J connectivity index is 1.58. The Bertz CT molecular complexity index is 1480. The van der Waals surface area contributed by atoms with E-state index in [1.807, 2.05) is 72.8 Å². The van der Waals surface area contributed by atoms with E-state index >= 15 is 0 Å². The number of hydrogen-bond acceptors (Lipinski definition) is 5.